The molecule has 0 atom stereocenters. The van der Waals surface area contributed by atoms with E-state index in [4.69, 9.17) is 17.3 Å². The minimum atomic E-state index is -0.368. The number of thioether (sulfide) groups is 1. The number of nitrogens with zero attached hydrogens (tertiary/aromatic N) is 3. The number of amides is 2. The van der Waals surface area contributed by atoms with E-state index in [0.717, 1.165) is 44.8 Å². The van der Waals surface area contributed by atoms with Gasteiger partial charge >= 0.3 is 0 Å². The summed E-state index contributed by atoms with van der Waals surface area (Å²) in [4.78, 5) is 26.1. The minimum Gasteiger partial charge on any atom is -0.273 e. The molecule has 172 valence electrons. The second-order valence-corrected chi connectivity index (χ2v) is 9.47. The Kier molecular flexibility index (Phi) is 6.56. The Bertz CT molecular complexity index is 1420. The first-order valence-corrected chi connectivity index (χ1v) is 12.1. The first kappa shape index (κ1) is 22.8. The molecule has 3 aromatic carbocycles. The fourth-order valence-corrected chi connectivity index (χ4v) is 4.85. The highest BCUT2D eigenvalue weighted by Crippen LogP contribution is 2.34. The van der Waals surface area contributed by atoms with Crippen molar-refractivity contribution in [2.75, 3.05) is 0 Å². The van der Waals surface area contributed by atoms with Crippen LogP contribution in [0, 0.1) is 0 Å². The highest BCUT2D eigenvalue weighted by Gasteiger charge is 2.34. The number of thiocarbonyl (C=S) groups is 1. The SMILES string of the molecule is O=C(Cc1ccccc1)NN1C(=O)C(=Cc2cn(-c3ccccc3)nc2-c2ccccc2)SC1=S. The quantitative estimate of drug-likeness (QED) is 0.300. The van der Waals surface area contributed by atoms with Gasteiger partial charge in [0.05, 0.1) is 22.7 Å². The molecule has 4 aromatic rings. The molecule has 1 aliphatic rings. The standard InChI is InChI=1S/C27H20N4O2S2/c32-24(16-19-10-4-1-5-11-19)28-31-26(33)23(35-27(31)34)17-21-18-30(22-14-8-3-9-15-22)29-25(21)20-12-6-2-7-13-20/h1-15,17-18H,16H2,(H,28,32). The summed E-state index contributed by atoms with van der Waals surface area (Å²) in [5, 5.41) is 5.93. The molecular formula is C27H20N4O2S2. The fourth-order valence-electron chi connectivity index (χ4n) is 3.68. The van der Waals surface area contributed by atoms with Gasteiger partial charge in [0.25, 0.3) is 5.91 Å². The van der Waals surface area contributed by atoms with Crippen LogP contribution in [0.25, 0.3) is 23.0 Å². The Hall–Kier alpha value is -4.01. The van der Waals surface area contributed by atoms with Crippen LogP contribution < -0.4 is 5.43 Å². The third-order valence-electron chi connectivity index (χ3n) is 5.33. The zero-order valence-electron chi connectivity index (χ0n) is 18.5. The third kappa shape index (κ3) is 5.08. The average molecular weight is 497 g/mol. The number of rotatable bonds is 6. The molecule has 8 heteroatoms. The summed E-state index contributed by atoms with van der Waals surface area (Å²) >= 11 is 6.54. The summed E-state index contributed by atoms with van der Waals surface area (Å²) in [6.07, 6.45) is 3.81. The Morgan fingerprint density at radius 3 is 2.26 bits per heavy atom. The molecule has 35 heavy (non-hydrogen) atoms. The molecule has 0 radical (unpaired) electrons. The fraction of sp³-hybridized carbons (Fsp3) is 0.0370. The van der Waals surface area contributed by atoms with E-state index >= 15 is 0 Å². The summed E-state index contributed by atoms with van der Waals surface area (Å²) in [6, 6.07) is 28.9. The number of benzene rings is 3. The van der Waals surface area contributed by atoms with Crippen molar-refractivity contribution >= 4 is 46.2 Å². The minimum absolute atomic E-state index is 0.152. The van der Waals surface area contributed by atoms with E-state index in [1.165, 1.54) is 0 Å². The summed E-state index contributed by atoms with van der Waals surface area (Å²) in [5.74, 6) is -0.677. The maximum absolute atomic E-state index is 13.1. The van der Waals surface area contributed by atoms with Crippen LogP contribution in [0.2, 0.25) is 0 Å². The van der Waals surface area contributed by atoms with Crippen molar-refractivity contribution in [3.8, 4) is 16.9 Å². The van der Waals surface area contributed by atoms with Crippen LogP contribution >= 0.6 is 24.0 Å². The van der Waals surface area contributed by atoms with Gasteiger partial charge in [-0.3, -0.25) is 15.0 Å². The van der Waals surface area contributed by atoms with E-state index < -0.39 is 0 Å². The predicted octanol–water partition coefficient (Wildman–Crippen LogP) is 5.01. The Labute approximate surface area is 212 Å². The van der Waals surface area contributed by atoms with Gasteiger partial charge in [-0.1, -0.05) is 90.6 Å². The van der Waals surface area contributed by atoms with Crippen LogP contribution in [-0.4, -0.2) is 30.9 Å². The van der Waals surface area contributed by atoms with Gasteiger partial charge in [-0.2, -0.15) is 10.1 Å². The predicted molar refractivity (Wildman–Crippen MR) is 142 cm³/mol. The smallest absolute Gasteiger partial charge is 0.273 e. The van der Waals surface area contributed by atoms with Crippen molar-refractivity contribution in [3.63, 3.8) is 0 Å². The van der Waals surface area contributed by atoms with Crippen LogP contribution in [-0.2, 0) is 16.0 Å². The summed E-state index contributed by atoms with van der Waals surface area (Å²) < 4.78 is 2.07. The van der Waals surface area contributed by atoms with Gasteiger partial charge in [-0.05, 0) is 36.0 Å². The van der Waals surface area contributed by atoms with E-state index in [-0.39, 0.29) is 22.6 Å². The number of nitrogens with one attached hydrogen (secondary N) is 1. The molecule has 1 aliphatic heterocycles. The Morgan fingerprint density at radius 2 is 1.57 bits per heavy atom. The van der Waals surface area contributed by atoms with Gasteiger partial charge in [-0.15, -0.1) is 0 Å². The number of hydrazine groups is 1. The highest BCUT2D eigenvalue weighted by atomic mass is 32.2. The second kappa shape index (κ2) is 10.1. The zero-order valence-corrected chi connectivity index (χ0v) is 20.1. The van der Waals surface area contributed by atoms with E-state index in [1.807, 2.05) is 97.2 Å². The lowest BCUT2D eigenvalue weighted by Crippen LogP contribution is -2.45. The number of carbonyl (C=O) groups is 2. The zero-order chi connectivity index (χ0) is 24.2. The normalized spacial score (nSPS) is 14.5. The molecule has 1 N–H and O–H groups in total. The number of aromatic nitrogens is 2. The van der Waals surface area contributed by atoms with Crippen LogP contribution in [0.5, 0.6) is 0 Å². The summed E-state index contributed by atoms with van der Waals surface area (Å²) in [5.41, 5.74) is 6.85. The van der Waals surface area contributed by atoms with Crippen molar-refractivity contribution in [2.24, 2.45) is 0 Å². The van der Waals surface area contributed by atoms with E-state index in [9.17, 15) is 9.59 Å². The number of hydrogen-bond donors (Lipinski definition) is 1. The van der Waals surface area contributed by atoms with Crippen LogP contribution in [0.15, 0.2) is 102 Å². The van der Waals surface area contributed by atoms with E-state index in [0.29, 0.717) is 4.91 Å². The van der Waals surface area contributed by atoms with Crippen molar-refractivity contribution in [2.45, 2.75) is 6.42 Å². The Balaban J connectivity index is 1.43. The highest BCUT2D eigenvalue weighted by molar-refractivity contribution is 8.26. The van der Waals surface area contributed by atoms with Gasteiger partial charge in [0.15, 0.2) is 4.32 Å². The molecule has 0 spiro atoms. The lowest BCUT2D eigenvalue weighted by molar-refractivity contribution is -0.132. The first-order valence-electron chi connectivity index (χ1n) is 10.9. The molecule has 0 unspecified atom stereocenters. The number of carbonyl (C=O) groups excluding carboxylic acids is 2. The maximum atomic E-state index is 13.1. The molecule has 0 bridgehead atoms. The molecule has 1 fully saturated rings. The Morgan fingerprint density at radius 1 is 0.943 bits per heavy atom. The maximum Gasteiger partial charge on any atom is 0.285 e. The van der Waals surface area contributed by atoms with Crippen molar-refractivity contribution in [1.29, 1.82) is 0 Å². The topological polar surface area (TPSA) is 67.2 Å². The molecule has 0 aliphatic carbocycles. The molecule has 2 amide bonds. The largest absolute Gasteiger partial charge is 0.285 e. The lowest BCUT2D eigenvalue weighted by atomic mass is 10.1. The van der Waals surface area contributed by atoms with Crippen molar-refractivity contribution in [1.82, 2.24) is 20.2 Å². The van der Waals surface area contributed by atoms with Crippen molar-refractivity contribution in [3.05, 3.63) is 113 Å². The van der Waals surface area contributed by atoms with Crippen LogP contribution in [0.3, 0.4) is 0 Å². The molecule has 2 heterocycles. The summed E-state index contributed by atoms with van der Waals surface area (Å²) in [6.45, 7) is 0. The summed E-state index contributed by atoms with van der Waals surface area (Å²) in [7, 11) is 0. The van der Waals surface area contributed by atoms with Gasteiger partial charge in [0, 0.05) is 17.3 Å². The third-order valence-corrected chi connectivity index (χ3v) is 6.64. The van der Waals surface area contributed by atoms with Crippen LogP contribution in [0.4, 0.5) is 0 Å². The first-order chi connectivity index (χ1) is 17.1. The molecule has 6 nitrogen and oxygen atoms in total. The monoisotopic (exact) mass is 496 g/mol. The molecule has 0 saturated carbocycles. The molecule has 1 aromatic heterocycles. The van der Waals surface area contributed by atoms with Crippen LogP contribution in [0.1, 0.15) is 11.1 Å². The molecule has 1 saturated heterocycles. The number of hydrogen-bond acceptors (Lipinski definition) is 5. The van der Waals surface area contributed by atoms with Gasteiger partial charge < -0.3 is 0 Å². The van der Waals surface area contributed by atoms with Gasteiger partial charge in [-0.25, -0.2) is 4.68 Å². The van der Waals surface area contributed by atoms with Gasteiger partial charge in [0.1, 0.15) is 0 Å². The van der Waals surface area contributed by atoms with E-state index in [1.54, 1.807) is 10.8 Å². The average Bonchev–Trinajstić information content (AvgIpc) is 3.42. The molecular weight excluding hydrogens is 476 g/mol. The number of para-hydroxylation sites is 1. The molecule has 5 rings (SSSR count). The lowest BCUT2D eigenvalue weighted by Gasteiger charge is -2.15. The van der Waals surface area contributed by atoms with E-state index in [2.05, 4.69) is 5.43 Å². The van der Waals surface area contributed by atoms with Gasteiger partial charge in [0.2, 0.25) is 5.91 Å². The second-order valence-electron chi connectivity index (χ2n) is 7.79. The van der Waals surface area contributed by atoms with Crippen molar-refractivity contribution < 1.29 is 9.59 Å².